The number of para-hydroxylation sites is 1. The number of dihydropyridines is 1. The highest BCUT2D eigenvalue weighted by Crippen LogP contribution is 2.44. The van der Waals surface area contributed by atoms with Crippen molar-refractivity contribution in [2.75, 3.05) is 11.1 Å². The lowest BCUT2D eigenvalue weighted by Crippen LogP contribution is -2.32. The van der Waals surface area contributed by atoms with E-state index in [9.17, 15) is 19.2 Å². The van der Waals surface area contributed by atoms with Crippen molar-refractivity contribution in [3.63, 3.8) is 0 Å². The summed E-state index contributed by atoms with van der Waals surface area (Å²) in [5.74, 6) is -1.63. The second-order valence-corrected chi connectivity index (χ2v) is 8.81. The molecule has 32 heavy (non-hydrogen) atoms. The van der Waals surface area contributed by atoms with Crippen LogP contribution < -0.4 is 10.6 Å². The van der Waals surface area contributed by atoms with Crippen LogP contribution in [0.3, 0.4) is 0 Å². The third kappa shape index (κ3) is 4.43. The summed E-state index contributed by atoms with van der Waals surface area (Å²) < 4.78 is 14.7. The van der Waals surface area contributed by atoms with E-state index >= 15 is 0 Å². The average molecular weight is 468 g/mol. The number of nitriles is 1. The zero-order valence-corrected chi connectivity index (χ0v) is 18.5. The number of rotatable bonds is 5. The van der Waals surface area contributed by atoms with Crippen molar-refractivity contribution >= 4 is 40.7 Å². The van der Waals surface area contributed by atoms with Gasteiger partial charge >= 0.3 is 0 Å². The van der Waals surface area contributed by atoms with Crippen molar-refractivity contribution in [3.05, 3.63) is 86.8 Å². The van der Waals surface area contributed by atoms with Gasteiger partial charge in [-0.05, 0) is 31.0 Å². The van der Waals surface area contributed by atoms with Gasteiger partial charge in [0, 0.05) is 23.3 Å². The molecule has 0 unspecified atom stereocenters. The normalized spacial score (nSPS) is 18.0. The second-order valence-electron chi connectivity index (χ2n) is 7.42. The third-order valence-electron chi connectivity index (χ3n) is 5.37. The van der Waals surface area contributed by atoms with Crippen molar-refractivity contribution < 1.29 is 14.0 Å². The first-order valence-electron chi connectivity index (χ1n) is 10.1. The summed E-state index contributed by atoms with van der Waals surface area (Å²) in [7, 11) is 0. The molecule has 1 atom stereocenters. The molecular formula is C24H19ClFN3O2S. The van der Waals surface area contributed by atoms with Gasteiger partial charge in [0.15, 0.2) is 5.78 Å². The van der Waals surface area contributed by atoms with E-state index < -0.39 is 11.7 Å². The van der Waals surface area contributed by atoms with E-state index in [2.05, 4.69) is 16.7 Å². The highest BCUT2D eigenvalue weighted by atomic mass is 35.5. The summed E-state index contributed by atoms with van der Waals surface area (Å²) in [6, 6.07) is 15.2. The van der Waals surface area contributed by atoms with Crippen molar-refractivity contribution in [1.82, 2.24) is 5.32 Å². The highest BCUT2D eigenvalue weighted by molar-refractivity contribution is 8.03. The number of hydrogen-bond acceptors (Lipinski definition) is 5. The number of carbonyl (C=O) groups is 2. The number of nitrogens with one attached hydrogen (secondary N) is 2. The number of carbonyl (C=O) groups excluding carboxylic acids is 2. The van der Waals surface area contributed by atoms with Crippen molar-refractivity contribution in [2.45, 2.75) is 25.2 Å². The first kappa shape index (κ1) is 22.1. The molecule has 2 aromatic rings. The van der Waals surface area contributed by atoms with Crippen LogP contribution in [0.25, 0.3) is 0 Å². The fourth-order valence-corrected chi connectivity index (χ4v) is 4.99. The minimum Gasteiger partial charge on any atom is -0.352 e. The molecule has 0 aromatic heterocycles. The molecule has 1 aliphatic heterocycles. The number of nitrogens with zero attached hydrogens (tertiary/aromatic N) is 1. The summed E-state index contributed by atoms with van der Waals surface area (Å²) in [5.41, 5.74) is 2.16. The van der Waals surface area contributed by atoms with E-state index in [1.807, 2.05) is 0 Å². The SMILES string of the molecule is N#CC1=C(SCC(=O)Nc2ccccc2Cl)NC2=C(C(=O)CCC2)[C@@H]1c1ccccc1F. The van der Waals surface area contributed by atoms with E-state index in [-0.39, 0.29) is 28.6 Å². The van der Waals surface area contributed by atoms with Gasteiger partial charge in [-0.1, -0.05) is 53.7 Å². The van der Waals surface area contributed by atoms with E-state index in [0.29, 0.717) is 46.3 Å². The Morgan fingerprint density at radius 3 is 2.72 bits per heavy atom. The van der Waals surface area contributed by atoms with E-state index in [0.717, 1.165) is 11.8 Å². The molecule has 0 radical (unpaired) electrons. The molecule has 2 N–H and O–H groups in total. The molecule has 2 aliphatic rings. The van der Waals surface area contributed by atoms with Gasteiger partial charge in [-0.3, -0.25) is 9.59 Å². The Balaban J connectivity index is 1.64. The summed E-state index contributed by atoms with van der Waals surface area (Å²) in [6.45, 7) is 0. The molecule has 162 valence electrons. The smallest absolute Gasteiger partial charge is 0.234 e. The highest BCUT2D eigenvalue weighted by Gasteiger charge is 2.38. The zero-order chi connectivity index (χ0) is 22.7. The lowest BCUT2D eigenvalue weighted by molar-refractivity contribution is -0.116. The summed E-state index contributed by atoms with van der Waals surface area (Å²) >= 11 is 7.24. The summed E-state index contributed by atoms with van der Waals surface area (Å²) in [6.07, 6.45) is 1.68. The maximum Gasteiger partial charge on any atom is 0.234 e. The first-order chi connectivity index (χ1) is 15.5. The van der Waals surface area contributed by atoms with Gasteiger partial charge < -0.3 is 10.6 Å². The average Bonchev–Trinajstić information content (AvgIpc) is 2.79. The quantitative estimate of drug-likeness (QED) is 0.625. The molecule has 8 heteroatoms. The van der Waals surface area contributed by atoms with E-state index in [4.69, 9.17) is 11.6 Å². The van der Waals surface area contributed by atoms with Gasteiger partial charge in [-0.25, -0.2) is 4.39 Å². The number of amides is 1. The lowest BCUT2D eigenvalue weighted by Gasteiger charge is -2.33. The minimum atomic E-state index is -0.792. The van der Waals surface area contributed by atoms with Gasteiger partial charge in [-0.2, -0.15) is 5.26 Å². The van der Waals surface area contributed by atoms with Gasteiger partial charge in [0.2, 0.25) is 5.91 Å². The molecule has 0 saturated carbocycles. The molecule has 0 saturated heterocycles. The molecule has 0 fully saturated rings. The Morgan fingerprint density at radius 2 is 1.97 bits per heavy atom. The van der Waals surface area contributed by atoms with Gasteiger partial charge in [0.05, 0.1) is 39.1 Å². The molecule has 1 amide bonds. The fourth-order valence-electron chi connectivity index (χ4n) is 3.94. The summed E-state index contributed by atoms with van der Waals surface area (Å²) in [4.78, 5) is 25.2. The molecule has 1 heterocycles. The number of benzene rings is 2. The Hall–Kier alpha value is -3.08. The van der Waals surface area contributed by atoms with Crippen LogP contribution >= 0.6 is 23.4 Å². The molecule has 0 spiro atoms. The van der Waals surface area contributed by atoms with Gasteiger partial charge in [-0.15, -0.1) is 0 Å². The molecule has 1 aliphatic carbocycles. The number of ketones is 1. The number of anilines is 1. The minimum absolute atomic E-state index is 0.0132. The number of allylic oxidation sites excluding steroid dienone is 3. The fraction of sp³-hybridized carbons (Fsp3) is 0.208. The van der Waals surface area contributed by atoms with Crippen LogP contribution in [0.4, 0.5) is 10.1 Å². The van der Waals surface area contributed by atoms with Crippen LogP contribution in [0.2, 0.25) is 5.02 Å². The van der Waals surface area contributed by atoms with Crippen LogP contribution in [-0.2, 0) is 9.59 Å². The zero-order valence-electron chi connectivity index (χ0n) is 17.0. The van der Waals surface area contributed by atoms with Gasteiger partial charge in [0.25, 0.3) is 0 Å². The Morgan fingerprint density at radius 1 is 1.22 bits per heavy atom. The lowest BCUT2D eigenvalue weighted by atomic mass is 9.76. The molecule has 4 rings (SSSR count). The van der Waals surface area contributed by atoms with Crippen LogP contribution in [-0.4, -0.2) is 17.4 Å². The topological polar surface area (TPSA) is 82.0 Å². The van der Waals surface area contributed by atoms with Crippen LogP contribution in [0.1, 0.15) is 30.7 Å². The van der Waals surface area contributed by atoms with Crippen molar-refractivity contribution in [2.24, 2.45) is 0 Å². The van der Waals surface area contributed by atoms with Crippen molar-refractivity contribution in [1.29, 1.82) is 5.26 Å². The van der Waals surface area contributed by atoms with Crippen LogP contribution in [0.15, 0.2) is 70.4 Å². The Kier molecular flexibility index (Phi) is 6.63. The van der Waals surface area contributed by atoms with Crippen molar-refractivity contribution in [3.8, 4) is 6.07 Å². The van der Waals surface area contributed by atoms with Crippen LogP contribution in [0, 0.1) is 17.1 Å². The monoisotopic (exact) mass is 467 g/mol. The molecule has 2 aromatic carbocycles. The first-order valence-corrected chi connectivity index (χ1v) is 11.4. The molecule has 5 nitrogen and oxygen atoms in total. The predicted octanol–water partition coefficient (Wildman–Crippen LogP) is 5.28. The summed E-state index contributed by atoms with van der Waals surface area (Å²) in [5, 5.41) is 16.8. The van der Waals surface area contributed by atoms with E-state index in [1.165, 1.54) is 6.07 Å². The predicted molar refractivity (Wildman–Crippen MR) is 123 cm³/mol. The maximum absolute atomic E-state index is 14.7. The second kappa shape index (κ2) is 9.60. The Labute approximate surface area is 194 Å². The van der Waals surface area contributed by atoms with E-state index in [1.54, 1.807) is 42.5 Å². The van der Waals surface area contributed by atoms with Crippen LogP contribution in [0.5, 0.6) is 0 Å². The third-order valence-corrected chi connectivity index (χ3v) is 6.72. The standard InChI is InChI=1S/C24H19ClFN3O2S/c25-16-7-2-4-9-18(16)28-21(31)13-32-24-15(12-27)22(14-6-1-3-8-17(14)26)23-19(29-24)10-5-11-20(23)30/h1-4,6-9,22,29H,5,10-11,13H2,(H,28,31)/t22-/m1/s1. The molecular weight excluding hydrogens is 449 g/mol. The number of Topliss-reactive ketones (excluding diaryl/α,β-unsaturated/α-hetero) is 1. The Bertz CT molecular complexity index is 1200. The number of thioether (sulfide) groups is 1. The maximum atomic E-state index is 14.7. The number of halogens is 2. The number of hydrogen-bond donors (Lipinski definition) is 2. The molecule has 0 bridgehead atoms. The van der Waals surface area contributed by atoms with Gasteiger partial charge in [0.1, 0.15) is 5.82 Å². The largest absolute Gasteiger partial charge is 0.352 e.